The number of fused-ring (bicyclic) bond motifs is 1. The van der Waals surface area contributed by atoms with Crippen LogP contribution in [0.15, 0.2) is 42.0 Å². The topological polar surface area (TPSA) is 61.9 Å². The second-order valence-electron chi connectivity index (χ2n) is 9.97. The minimum Gasteiger partial charge on any atom is -0.496 e. The van der Waals surface area contributed by atoms with E-state index < -0.39 is 11.8 Å². The predicted octanol–water partition coefficient (Wildman–Crippen LogP) is 5.34. The van der Waals surface area contributed by atoms with E-state index in [-0.39, 0.29) is 16.2 Å². The average Bonchev–Trinajstić information content (AvgIpc) is 2.80. The van der Waals surface area contributed by atoms with Crippen LogP contribution < -0.4 is 19.9 Å². The number of nitrogens with zero attached hydrogens (tertiary/aromatic N) is 2. The van der Waals surface area contributed by atoms with Crippen molar-refractivity contribution in [2.45, 2.75) is 58.9 Å². The molecule has 0 spiro atoms. The summed E-state index contributed by atoms with van der Waals surface area (Å²) in [7, 11) is 1.61. The molecule has 1 N–H and O–H groups in total. The molecule has 0 saturated carbocycles. The maximum Gasteiger partial charge on any atom is 0.270 e. The lowest BCUT2D eigenvalue weighted by molar-refractivity contribution is -0.122. The van der Waals surface area contributed by atoms with E-state index >= 15 is 0 Å². The second-order valence-corrected chi connectivity index (χ2v) is 10.4. The summed E-state index contributed by atoms with van der Waals surface area (Å²) in [4.78, 5) is 30.3. The number of hydrogen-bond donors (Lipinski definition) is 1. The maximum absolute atomic E-state index is 13.5. The molecule has 1 unspecified atom stereocenters. The fraction of sp³-hybridized carbons (Fsp3) is 0.393. The molecule has 0 aromatic heterocycles. The van der Waals surface area contributed by atoms with Gasteiger partial charge in [0.2, 0.25) is 0 Å². The van der Waals surface area contributed by atoms with Crippen molar-refractivity contribution in [1.82, 2.24) is 5.32 Å². The van der Waals surface area contributed by atoms with Crippen LogP contribution in [0, 0.1) is 6.92 Å². The first kappa shape index (κ1) is 24.9. The number of hydrogen-bond acceptors (Lipinski definition) is 5. The van der Waals surface area contributed by atoms with E-state index in [9.17, 15) is 9.59 Å². The number of thiocarbonyl (C=S) groups is 1. The van der Waals surface area contributed by atoms with Crippen LogP contribution in [0.25, 0.3) is 6.08 Å². The number of nitrogens with one attached hydrogen (secondary N) is 1. The van der Waals surface area contributed by atoms with Crippen molar-refractivity contribution in [3.8, 4) is 5.75 Å². The van der Waals surface area contributed by atoms with Crippen molar-refractivity contribution in [1.29, 1.82) is 0 Å². The number of carbonyl (C=O) groups is 2. The van der Waals surface area contributed by atoms with Crippen LogP contribution in [0.4, 0.5) is 11.4 Å². The Balaban J connectivity index is 1.82. The molecule has 1 saturated heterocycles. The van der Waals surface area contributed by atoms with Crippen molar-refractivity contribution in [2.75, 3.05) is 23.5 Å². The Morgan fingerprint density at radius 2 is 1.91 bits per heavy atom. The molecule has 4 rings (SSSR count). The van der Waals surface area contributed by atoms with Gasteiger partial charge in [-0.05, 0) is 81.1 Å². The molecular formula is C28H33N3O3S. The number of anilines is 2. The number of benzene rings is 2. The van der Waals surface area contributed by atoms with Gasteiger partial charge in [-0.3, -0.25) is 19.8 Å². The van der Waals surface area contributed by atoms with E-state index in [4.69, 9.17) is 17.0 Å². The van der Waals surface area contributed by atoms with Crippen LogP contribution in [-0.4, -0.2) is 36.1 Å². The Hall–Kier alpha value is -3.19. The Morgan fingerprint density at radius 1 is 1.20 bits per heavy atom. The van der Waals surface area contributed by atoms with Gasteiger partial charge in [-0.1, -0.05) is 32.0 Å². The van der Waals surface area contributed by atoms with Crippen molar-refractivity contribution in [3.63, 3.8) is 0 Å². The zero-order chi connectivity index (χ0) is 25.5. The second kappa shape index (κ2) is 9.46. The Morgan fingerprint density at radius 3 is 2.57 bits per heavy atom. The van der Waals surface area contributed by atoms with Crippen LogP contribution >= 0.6 is 12.2 Å². The highest BCUT2D eigenvalue weighted by atomic mass is 32.1. The van der Waals surface area contributed by atoms with Gasteiger partial charge < -0.3 is 9.64 Å². The molecule has 2 aliphatic rings. The Bertz CT molecular complexity index is 1230. The first-order valence-corrected chi connectivity index (χ1v) is 12.5. The Labute approximate surface area is 212 Å². The summed E-state index contributed by atoms with van der Waals surface area (Å²) >= 11 is 5.36. The molecule has 0 radical (unpaired) electrons. The molecule has 1 atom stereocenters. The number of methoxy groups -OCH3 is 1. The summed E-state index contributed by atoms with van der Waals surface area (Å²) in [6, 6.07) is 11.6. The monoisotopic (exact) mass is 491 g/mol. The third-order valence-corrected chi connectivity index (χ3v) is 7.23. The van der Waals surface area contributed by atoms with Crippen LogP contribution in [-0.2, 0) is 9.59 Å². The summed E-state index contributed by atoms with van der Waals surface area (Å²) in [5, 5.41) is 2.76. The Kier molecular flexibility index (Phi) is 6.73. The van der Waals surface area contributed by atoms with Gasteiger partial charge >= 0.3 is 0 Å². The van der Waals surface area contributed by atoms with E-state index in [0.29, 0.717) is 22.9 Å². The van der Waals surface area contributed by atoms with Gasteiger partial charge in [-0.15, -0.1) is 0 Å². The van der Waals surface area contributed by atoms with Crippen LogP contribution in [0.2, 0.25) is 0 Å². The normalized spacial score (nSPS) is 20.7. The van der Waals surface area contributed by atoms with E-state index in [0.717, 1.165) is 30.6 Å². The van der Waals surface area contributed by atoms with E-state index in [2.05, 4.69) is 44.0 Å². The molecule has 2 aromatic rings. The summed E-state index contributed by atoms with van der Waals surface area (Å²) in [6.07, 6.45) is 3.67. The smallest absolute Gasteiger partial charge is 0.270 e. The SMILES string of the molecule is CCCN1c2cc(OC)c(/C=C3/C(=O)NC(=S)N(c4ccccc4C)C3=O)cc2C(C)CC1(C)C. The summed E-state index contributed by atoms with van der Waals surface area (Å²) in [6.45, 7) is 11.8. The molecule has 35 heavy (non-hydrogen) atoms. The summed E-state index contributed by atoms with van der Waals surface area (Å²) < 4.78 is 5.75. The van der Waals surface area contributed by atoms with Gasteiger partial charge in [0.1, 0.15) is 11.3 Å². The molecule has 0 aliphatic carbocycles. The number of para-hydroxylation sites is 1. The zero-order valence-corrected chi connectivity index (χ0v) is 22.1. The molecule has 2 aromatic carbocycles. The summed E-state index contributed by atoms with van der Waals surface area (Å²) in [5.74, 6) is -0.0115. The standard InChI is InChI=1S/C28H33N3O3S/c1-7-12-30-23-15-24(34-6)19(13-20(23)18(3)16-28(30,4)5)14-21-25(32)29-27(35)31(26(21)33)22-11-9-8-10-17(22)2/h8-11,13-15,18H,7,12,16H2,1-6H3,(H,29,32,35)/b21-14-. The van der Waals surface area contributed by atoms with Crippen molar-refractivity contribution in [2.24, 2.45) is 0 Å². The number of carbonyl (C=O) groups excluding carboxylic acids is 2. The number of rotatable bonds is 5. The van der Waals surface area contributed by atoms with E-state index in [1.54, 1.807) is 13.2 Å². The maximum atomic E-state index is 13.5. The van der Waals surface area contributed by atoms with E-state index in [1.807, 2.05) is 37.3 Å². The van der Waals surface area contributed by atoms with Gasteiger partial charge in [0.15, 0.2) is 5.11 Å². The van der Waals surface area contributed by atoms with Crippen LogP contribution in [0.1, 0.15) is 63.1 Å². The highest BCUT2D eigenvalue weighted by molar-refractivity contribution is 7.80. The molecule has 2 heterocycles. The zero-order valence-electron chi connectivity index (χ0n) is 21.3. The van der Waals surface area contributed by atoms with E-state index in [1.165, 1.54) is 10.5 Å². The molecule has 2 aliphatic heterocycles. The lowest BCUT2D eigenvalue weighted by atomic mass is 9.79. The van der Waals surface area contributed by atoms with Gasteiger partial charge in [0.05, 0.1) is 12.8 Å². The number of amides is 2. The first-order valence-electron chi connectivity index (χ1n) is 12.1. The van der Waals surface area contributed by atoms with Gasteiger partial charge in [-0.25, -0.2) is 0 Å². The third kappa shape index (κ3) is 4.45. The lowest BCUT2D eigenvalue weighted by Crippen LogP contribution is -2.54. The highest BCUT2D eigenvalue weighted by Gasteiger charge is 2.38. The minimum atomic E-state index is -0.508. The molecule has 184 valence electrons. The molecule has 0 bridgehead atoms. The van der Waals surface area contributed by atoms with Gasteiger partial charge in [-0.2, -0.15) is 0 Å². The van der Waals surface area contributed by atoms with Crippen molar-refractivity contribution < 1.29 is 14.3 Å². The third-order valence-electron chi connectivity index (χ3n) is 6.94. The molecule has 2 amide bonds. The fourth-order valence-electron chi connectivity index (χ4n) is 5.31. The van der Waals surface area contributed by atoms with Crippen molar-refractivity contribution >= 4 is 46.6 Å². The first-order chi connectivity index (χ1) is 16.6. The largest absolute Gasteiger partial charge is 0.496 e. The fourth-order valence-corrected chi connectivity index (χ4v) is 5.58. The molecule has 7 heteroatoms. The molecule has 6 nitrogen and oxygen atoms in total. The number of ether oxygens (including phenoxy) is 1. The minimum absolute atomic E-state index is 0.0225. The molecular weight excluding hydrogens is 458 g/mol. The number of aryl methyl sites for hydroxylation is 1. The quantitative estimate of drug-likeness (QED) is 0.348. The molecule has 1 fully saturated rings. The van der Waals surface area contributed by atoms with Crippen LogP contribution in [0.3, 0.4) is 0 Å². The van der Waals surface area contributed by atoms with Crippen LogP contribution in [0.5, 0.6) is 5.75 Å². The van der Waals surface area contributed by atoms with Crippen molar-refractivity contribution in [3.05, 3.63) is 58.7 Å². The van der Waals surface area contributed by atoms with Gasteiger partial charge in [0.25, 0.3) is 11.8 Å². The average molecular weight is 492 g/mol. The summed E-state index contributed by atoms with van der Waals surface area (Å²) in [5.41, 5.74) is 4.63. The predicted molar refractivity (Wildman–Crippen MR) is 145 cm³/mol. The van der Waals surface area contributed by atoms with Gasteiger partial charge in [0, 0.05) is 29.4 Å². The lowest BCUT2D eigenvalue weighted by Gasteiger charge is -2.48. The highest BCUT2D eigenvalue weighted by Crippen LogP contribution is 2.46.